The van der Waals surface area contributed by atoms with E-state index in [1.165, 1.54) is 6.20 Å². The monoisotopic (exact) mass is 401 g/mol. The number of benzene rings is 1. The number of imide groups is 1. The molecule has 0 unspecified atom stereocenters. The van der Waals surface area contributed by atoms with E-state index in [1.54, 1.807) is 17.8 Å². The Balaban J connectivity index is 1.46. The van der Waals surface area contributed by atoms with Crippen LogP contribution in [-0.2, 0) is 11.3 Å². The van der Waals surface area contributed by atoms with Gasteiger partial charge in [-0.3, -0.25) is 15.1 Å². The number of nitrogens with zero attached hydrogens (tertiary/aromatic N) is 8. The van der Waals surface area contributed by atoms with Gasteiger partial charge in [0.25, 0.3) is 0 Å². The van der Waals surface area contributed by atoms with Crippen molar-refractivity contribution in [1.82, 2.24) is 40.3 Å². The second kappa shape index (κ2) is 6.95. The molecule has 11 nitrogen and oxygen atoms in total. The predicted octanol–water partition coefficient (Wildman–Crippen LogP) is 1.09. The Hall–Kier alpha value is -4.28. The Labute approximate surface area is 169 Å². The molecule has 3 aromatic heterocycles. The molecule has 0 bridgehead atoms. The molecule has 1 aromatic carbocycles. The van der Waals surface area contributed by atoms with E-state index in [9.17, 15) is 9.59 Å². The molecule has 1 saturated heterocycles. The molecule has 1 N–H and O–H groups in total. The number of aromatic nitrogens is 6. The van der Waals surface area contributed by atoms with Gasteiger partial charge in [-0.2, -0.15) is 5.10 Å². The molecule has 4 heterocycles. The van der Waals surface area contributed by atoms with Crippen LogP contribution in [0, 0.1) is 0 Å². The lowest BCUT2D eigenvalue weighted by molar-refractivity contribution is -0.118. The highest BCUT2D eigenvalue weighted by Crippen LogP contribution is 2.16. The summed E-state index contributed by atoms with van der Waals surface area (Å²) in [6.07, 6.45) is 3.27. The highest BCUT2D eigenvalue weighted by Gasteiger charge is 2.26. The highest BCUT2D eigenvalue weighted by molar-refractivity contribution is 6.04. The maximum atomic E-state index is 11.7. The number of amides is 3. The molecule has 3 amide bonds. The van der Waals surface area contributed by atoms with Crippen molar-refractivity contribution >= 4 is 39.8 Å². The van der Waals surface area contributed by atoms with Gasteiger partial charge in [0.2, 0.25) is 11.6 Å². The van der Waals surface area contributed by atoms with Gasteiger partial charge in [0.1, 0.15) is 12.2 Å². The summed E-state index contributed by atoms with van der Waals surface area (Å²) in [6, 6.07) is 9.32. The summed E-state index contributed by atoms with van der Waals surface area (Å²) in [7, 11) is 0. The number of rotatable bonds is 4. The number of pyridine rings is 1. The zero-order chi connectivity index (χ0) is 20.7. The van der Waals surface area contributed by atoms with Crippen molar-refractivity contribution in [2.24, 2.45) is 5.10 Å². The number of hydrazone groups is 1. The van der Waals surface area contributed by atoms with Crippen molar-refractivity contribution in [3.05, 3.63) is 54.0 Å². The smallest absolute Gasteiger partial charge is 0.275 e. The maximum absolute atomic E-state index is 11.7. The van der Waals surface area contributed by atoms with Crippen LogP contribution in [-0.4, -0.2) is 59.1 Å². The third-order valence-corrected chi connectivity index (χ3v) is 4.64. The van der Waals surface area contributed by atoms with Gasteiger partial charge in [-0.25, -0.2) is 24.5 Å². The second-order valence-corrected chi connectivity index (χ2v) is 6.78. The van der Waals surface area contributed by atoms with Crippen LogP contribution in [0.4, 0.5) is 4.79 Å². The van der Waals surface area contributed by atoms with E-state index in [0.717, 1.165) is 21.5 Å². The summed E-state index contributed by atoms with van der Waals surface area (Å²) in [5, 5.41) is 16.7. The van der Waals surface area contributed by atoms with Gasteiger partial charge in [0.15, 0.2) is 5.65 Å². The Kier molecular flexibility index (Phi) is 4.12. The predicted molar refractivity (Wildman–Crippen MR) is 106 cm³/mol. The van der Waals surface area contributed by atoms with Crippen LogP contribution >= 0.6 is 0 Å². The minimum atomic E-state index is -0.564. The van der Waals surface area contributed by atoms with Crippen molar-refractivity contribution in [2.45, 2.75) is 13.5 Å². The van der Waals surface area contributed by atoms with Crippen molar-refractivity contribution in [3.63, 3.8) is 0 Å². The first-order valence-electron chi connectivity index (χ1n) is 9.14. The number of urea groups is 1. The van der Waals surface area contributed by atoms with Crippen molar-refractivity contribution < 1.29 is 9.59 Å². The summed E-state index contributed by atoms with van der Waals surface area (Å²) < 4.78 is 1.66. The number of carbonyl (C=O) groups is 2. The highest BCUT2D eigenvalue weighted by atomic mass is 16.2. The molecule has 30 heavy (non-hydrogen) atoms. The summed E-state index contributed by atoms with van der Waals surface area (Å²) >= 11 is 0. The van der Waals surface area contributed by atoms with E-state index in [-0.39, 0.29) is 6.54 Å². The molecule has 5 rings (SSSR count). The van der Waals surface area contributed by atoms with Gasteiger partial charge in [0.05, 0.1) is 24.0 Å². The molecule has 1 aliphatic heterocycles. The minimum Gasteiger partial charge on any atom is -0.275 e. The van der Waals surface area contributed by atoms with Gasteiger partial charge in [-0.15, -0.1) is 5.10 Å². The van der Waals surface area contributed by atoms with Crippen molar-refractivity contribution in [3.8, 4) is 0 Å². The number of carbonyl (C=O) groups excluding carboxylic acids is 2. The first-order valence-corrected chi connectivity index (χ1v) is 9.14. The van der Waals surface area contributed by atoms with Gasteiger partial charge in [-0.1, -0.05) is 17.3 Å². The van der Waals surface area contributed by atoms with Crippen LogP contribution in [0.1, 0.15) is 18.2 Å². The molecule has 0 aliphatic carbocycles. The lowest BCUT2D eigenvalue weighted by Crippen LogP contribution is -2.25. The fourth-order valence-corrected chi connectivity index (χ4v) is 3.18. The molecule has 1 fully saturated rings. The zero-order valence-electron chi connectivity index (χ0n) is 15.8. The molecule has 0 atom stereocenters. The van der Waals surface area contributed by atoms with E-state index >= 15 is 0 Å². The SMILES string of the molecule is CC(=NN1CC(=O)NC1=O)c1cnc2nnn(Cc3ccc4ncccc4c3)c2n1. The first kappa shape index (κ1) is 17.8. The molecule has 0 spiro atoms. The Morgan fingerprint density at radius 3 is 2.97 bits per heavy atom. The van der Waals surface area contributed by atoms with Gasteiger partial charge in [-0.05, 0) is 30.7 Å². The standard InChI is InChI=1S/C19H15N9O2/c1-11(25-28-10-16(29)23-19(28)30)15-8-21-17-18(22-15)27(26-24-17)9-12-4-5-14-13(7-12)3-2-6-20-14/h2-8H,9-10H2,1H3,(H,23,29,30). The van der Waals surface area contributed by atoms with Gasteiger partial charge >= 0.3 is 6.03 Å². The Bertz CT molecular complexity index is 1340. The largest absolute Gasteiger partial charge is 0.345 e. The van der Waals surface area contributed by atoms with E-state index in [2.05, 4.69) is 35.7 Å². The van der Waals surface area contributed by atoms with Crippen LogP contribution in [0.2, 0.25) is 0 Å². The lowest BCUT2D eigenvalue weighted by Gasteiger charge is -2.08. The maximum Gasteiger partial charge on any atom is 0.345 e. The third kappa shape index (κ3) is 3.21. The summed E-state index contributed by atoms with van der Waals surface area (Å²) in [5.41, 5.74) is 3.74. The lowest BCUT2D eigenvalue weighted by atomic mass is 10.1. The zero-order valence-corrected chi connectivity index (χ0v) is 15.8. The fraction of sp³-hybridized carbons (Fsp3) is 0.158. The summed E-state index contributed by atoms with van der Waals surface area (Å²) in [4.78, 5) is 36.2. The van der Waals surface area contributed by atoms with E-state index in [0.29, 0.717) is 29.2 Å². The molecule has 1 aliphatic rings. The molecule has 4 aromatic rings. The number of nitrogens with one attached hydrogen (secondary N) is 1. The van der Waals surface area contributed by atoms with Gasteiger partial charge in [0, 0.05) is 11.6 Å². The van der Waals surface area contributed by atoms with Crippen LogP contribution < -0.4 is 5.32 Å². The molecule has 0 saturated carbocycles. The number of hydrogen-bond donors (Lipinski definition) is 1. The fourth-order valence-electron chi connectivity index (χ4n) is 3.18. The Morgan fingerprint density at radius 1 is 1.23 bits per heavy atom. The molecule has 11 heteroatoms. The summed E-state index contributed by atoms with van der Waals surface area (Å²) in [5.74, 6) is -0.397. The third-order valence-electron chi connectivity index (χ3n) is 4.64. The van der Waals surface area contributed by atoms with Crippen molar-refractivity contribution in [1.29, 1.82) is 0 Å². The van der Waals surface area contributed by atoms with E-state index in [4.69, 9.17) is 0 Å². The molecule has 148 valence electrons. The quantitative estimate of drug-likeness (QED) is 0.400. The minimum absolute atomic E-state index is 0.123. The second-order valence-electron chi connectivity index (χ2n) is 6.78. The molecular weight excluding hydrogens is 386 g/mol. The van der Waals surface area contributed by atoms with Crippen LogP contribution in [0.25, 0.3) is 22.2 Å². The van der Waals surface area contributed by atoms with Crippen LogP contribution in [0.15, 0.2) is 47.8 Å². The summed E-state index contributed by atoms with van der Waals surface area (Å²) in [6.45, 7) is 2.03. The average molecular weight is 401 g/mol. The molecule has 0 radical (unpaired) electrons. The van der Waals surface area contributed by atoms with Crippen LogP contribution in [0.5, 0.6) is 0 Å². The number of hydrogen-bond acceptors (Lipinski definition) is 8. The first-order chi connectivity index (χ1) is 14.6. The number of fused-ring (bicyclic) bond motifs is 2. The van der Waals surface area contributed by atoms with Crippen LogP contribution in [0.3, 0.4) is 0 Å². The Morgan fingerprint density at radius 2 is 2.13 bits per heavy atom. The topological polar surface area (TPSA) is 131 Å². The van der Waals surface area contributed by atoms with E-state index < -0.39 is 11.9 Å². The van der Waals surface area contributed by atoms with Gasteiger partial charge < -0.3 is 0 Å². The normalized spacial score (nSPS) is 14.7. The molecular formula is C19H15N9O2. The average Bonchev–Trinajstić information content (AvgIpc) is 3.29. The van der Waals surface area contributed by atoms with E-state index in [1.807, 2.05) is 30.3 Å². The van der Waals surface area contributed by atoms with Crippen molar-refractivity contribution in [2.75, 3.05) is 6.54 Å².